The van der Waals surface area contributed by atoms with Crippen LogP contribution in [0.25, 0.3) is 27.8 Å². The van der Waals surface area contributed by atoms with Crippen molar-refractivity contribution in [2.24, 2.45) is 0 Å². The fraction of sp³-hybridized carbons (Fsp3) is 0. The van der Waals surface area contributed by atoms with Gasteiger partial charge in [0.15, 0.2) is 0 Å². The third-order valence-electron chi connectivity index (χ3n) is 3.22. The summed E-state index contributed by atoms with van der Waals surface area (Å²) in [6.45, 7) is 0. The van der Waals surface area contributed by atoms with Gasteiger partial charge in [-0.2, -0.15) is 8.75 Å². The number of fused-ring (bicyclic) bond motifs is 2. The second kappa shape index (κ2) is 4.66. The Hall–Kier alpha value is -1.70. The summed E-state index contributed by atoms with van der Waals surface area (Å²) in [5, 5.41) is 0.559. The Morgan fingerprint density at radius 1 is 1.14 bits per heavy atom. The van der Waals surface area contributed by atoms with Crippen LogP contribution in [-0.4, -0.2) is 18.3 Å². The minimum atomic E-state index is 0.366. The number of aromatic nitrogens is 4. The van der Waals surface area contributed by atoms with Crippen molar-refractivity contribution in [2.75, 3.05) is 5.73 Å². The minimum absolute atomic E-state index is 0.366. The average Bonchev–Trinajstić information content (AvgIpc) is 3.02. The fourth-order valence-electron chi connectivity index (χ4n) is 2.33. The molecule has 0 spiro atoms. The molecule has 5 nitrogen and oxygen atoms in total. The van der Waals surface area contributed by atoms with Crippen LogP contribution in [0.4, 0.5) is 5.95 Å². The number of imidazole rings is 1. The van der Waals surface area contributed by atoms with Crippen LogP contribution >= 0.6 is 39.3 Å². The van der Waals surface area contributed by atoms with E-state index >= 15 is 0 Å². The van der Waals surface area contributed by atoms with E-state index in [4.69, 9.17) is 17.3 Å². The molecule has 0 radical (unpaired) electrons. The number of hydrogen-bond donors (Lipinski definition) is 1. The first kappa shape index (κ1) is 13.0. The van der Waals surface area contributed by atoms with Crippen molar-refractivity contribution in [3.05, 3.63) is 39.8 Å². The van der Waals surface area contributed by atoms with Gasteiger partial charge >= 0.3 is 0 Å². The molecule has 0 saturated heterocycles. The molecular formula is C13H7BrClN5S. The van der Waals surface area contributed by atoms with E-state index in [1.807, 2.05) is 28.8 Å². The Bertz CT molecular complexity index is 993. The van der Waals surface area contributed by atoms with Crippen LogP contribution in [0, 0.1) is 0 Å². The van der Waals surface area contributed by atoms with Gasteiger partial charge in [0, 0.05) is 4.47 Å². The van der Waals surface area contributed by atoms with Gasteiger partial charge in [-0.3, -0.25) is 4.57 Å². The van der Waals surface area contributed by atoms with Gasteiger partial charge in [0.25, 0.3) is 0 Å². The highest BCUT2D eigenvalue weighted by atomic mass is 79.9. The number of nitrogens with two attached hydrogens (primary N) is 1. The maximum atomic E-state index is 6.38. The quantitative estimate of drug-likeness (QED) is 0.541. The molecule has 0 aliphatic rings. The lowest BCUT2D eigenvalue weighted by Gasteiger charge is -2.09. The molecule has 4 aromatic rings. The summed E-state index contributed by atoms with van der Waals surface area (Å²) in [7, 11) is 0. The zero-order valence-corrected chi connectivity index (χ0v) is 13.6. The maximum Gasteiger partial charge on any atom is 0.206 e. The molecule has 0 atom stereocenters. The fourth-order valence-corrected chi connectivity index (χ4v) is 3.46. The van der Waals surface area contributed by atoms with E-state index in [0.717, 1.165) is 38.3 Å². The van der Waals surface area contributed by atoms with E-state index in [0.29, 0.717) is 16.7 Å². The molecule has 0 aliphatic carbocycles. The van der Waals surface area contributed by atoms with Crippen LogP contribution in [0.5, 0.6) is 0 Å². The summed E-state index contributed by atoms with van der Waals surface area (Å²) in [6, 6.07) is 9.43. The Balaban J connectivity index is 2.16. The van der Waals surface area contributed by atoms with Gasteiger partial charge in [-0.15, -0.1) is 0 Å². The summed E-state index contributed by atoms with van der Waals surface area (Å²) < 4.78 is 11.3. The maximum absolute atomic E-state index is 6.38. The lowest BCUT2D eigenvalue weighted by molar-refractivity contribution is 1.12. The second-order valence-electron chi connectivity index (χ2n) is 4.47. The summed E-state index contributed by atoms with van der Waals surface area (Å²) >= 11 is 11.0. The number of halogens is 2. The van der Waals surface area contributed by atoms with Crippen molar-refractivity contribution in [1.82, 2.24) is 18.3 Å². The highest BCUT2D eigenvalue weighted by Gasteiger charge is 2.17. The molecule has 2 aromatic carbocycles. The molecule has 0 fully saturated rings. The van der Waals surface area contributed by atoms with Gasteiger partial charge < -0.3 is 5.73 Å². The molecule has 8 heteroatoms. The Morgan fingerprint density at radius 2 is 2.00 bits per heavy atom. The molecule has 0 unspecified atom stereocenters. The molecule has 2 N–H and O–H groups in total. The highest BCUT2D eigenvalue weighted by molar-refractivity contribution is 9.10. The third kappa shape index (κ3) is 1.92. The number of nitrogen functional groups attached to an aromatic ring is 1. The SMILES string of the molecule is Nc1nc2cc(Br)ccc2n1-c1c(Cl)ccc2nsnc12. The number of anilines is 1. The van der Waals surface area contributed by atoms with Crippen LogP contribution < -0.4 is 5.73 Å². The van der Waals surface area contributed by atoms with Crippen LogP contribution in [0.2, 0.25) is 5.02 Å². The van der Waals surface area contributed by atoms with Gasteiger partial charge in [-0.05, 0) is 30.3 Å². The van der Waals surface area contributed by atoms with Gasteiger partial charge in [-0.1, -0.05) is 27.5 Å². The molecule has 2 aromatic heterocycles. The Morgan fingerprint density at radius 3 is 2.86 bits per heavy atom. The van der Waals surface area contributed by atoms with Gasteiger partial charge in [0.2, 0.25) is 5.95 Å². The lowest BCUT2D eigenvalue weighted by Crippen LogP contribution is -2.02. The second-order valence-corrected chi connectivity index (χ2v) is 6.32. The molecule has 21 heavy (non-hydrogen) atoms. The van der Waals surface area contributed by atoms with E-state index in [2.05, 4.69) is 29.7 Å². The van der Waals surface area contributed by atoms with Crippen LogP contribution in [0.3, 0.4) is 0 Å². The van der Waals surface area contributed by atoms with Gasteiger partial charge in [-0.25, -0.2) is 4.98 Å². The predicted octanol–water partition coefficient (Wildman–Crippen LogP) is 4.03. The zero-order valence-electron chi connectivity index (χ0n) is 10.4. The van der Waals surface area contributed by atoms with E-state index in [1.165, 1.54) is 0 Å². The lowest BCUT2D eigenvalue weighted by atomic mass is 10.2. The first-order chi connectivity index (χ1) is 10.1. The third-order valence-corrected chi connectivity index (χ3v) is 4.56. The number of benzene rings is 2. The van der Waals surface area contributed by atoms with Crippen LogP contribution in [0.1, 0.15) is 0 Å². The zero-order chi connectivity index (χ0) is 14.6. The topological polar surface area (TPSA) is 69.6 Å². The monoisotopic (exact) mass is 379 g/mol. The Labute approximate surface area is 136 Å². The van der Waals surface area contributed by atoms with Crippen molar-refractivity contribution in [2.45, 2.75) is 0 Å². The summed E-state index contributed by atoms with van der Waals surface area (Å²) in [4.78, 5) is 4.39. The van der Waals surface area contributed by atoms with Crippen molar-refractivity contribution >= 4 is 67.3 Å². The predicted molar refractivity (Wildman–Crippen MR) is 89.2 cm³/mol. The van der Waals surface area contributed by atoms with Gasteiger partial charge in [0.1, 0.15) is 11.0 Å². The molecule has 104 valence electrons. The minimum Gasteiger partial charge on any atom is -0.369 e. The summed E-state index contributed by atoms with van der Waals surface area (Å²) in [5.74, 6) is 0.366. The number of hydrogen-bond acceptors (Lipinski definition) is 5. The summed E-state index contributed by atoms with van der Waals surface area (Å²) in [5.41, 5.74) is 9.99. The molecule has 4 rings (SSSR count). The molecule has 0 saturated carbocycles. The molecule has 0 amide bonds. The average molecular weight is 381 g/mol. The van der Waals surface area contributed by atoms with Crippen molar-refractivity contribution in [1.29, 1.82) is 0 Å². The largest absolute Gasteiger partial charge is 0.369 e. The van der Waals surface area contributed by atoms with E-state index < -0.39 is 0 Å². The number of nitrogens with zero attached hydrogens (tertiary/aromatic N) is 4. The first-order valence-electron chi connectivity index (χ1n) is 6.00. The highest BCUT2D eigenvalue weighted by Crippen LogP contribution is 2.33. The summed E-state index contributed by atoms with van der Waals surface area (Å²) in [6.07, 6.45) is 0. The molecule has 0 aliphatic heterocycles. The standard InChI is InChI=1S/C13H7BrClN5S/c14-6-1-4-10-9(5-6)17-13(16)20(10)12-7(15)2-3-8-11(12)19-21-18-8/h1-5H,(H2,16,17). The smallest absolute Gasteiger partial charge is 0.206 e. The van der Waals surface area contributed by atoms with E-state index in [1.54, 1.807) is 6.07 Å². The van der Waals surface area contributed by atoms with Crippen molar-refractivity contribution in [3.63, 3.8) is 0 Å². The van der Waals surface area contributed by atoms with Crippen molar-refractivity contribution < 1.29 is 0 Å². The number of rotatable bonds is 1. The van der Waals surface area contributed by atoms with Crippen LogP contribution in [-0.2, 0) is 0 Å². The van der Waals surface area contributed by atoms with E-state index in [-0.39, 0.29) is 0 Å². The van der Waals surface area contributed by atoms with Gasteiger partial charge in [0.05, 0.1) is 33.5 Å². The molecular weight excluding hydrogens is 374 g/mol. The van der Waals surface area contributed by atoms with Crippen LogP contribution in [0.15, 0.2) is 34.8 Å². The normalized spacial score (nSPS) is 11.5. The van der Waals surface area contributed by atoms with Crippen molar-refractivity contribution in [3.8, 4) is 5.69 Å². The Kier molecular flexibility index (Phi) is 2.88. The van der Waals surface area contributed by atoms with E-state index in [9.17, 15) is 0 Å². The molecule has 0 bridgehead atoms. The molecule has 2 heterocycles. The first-order valence-corrected chi connectivity index (χ1v) is 7.90.